The average Bonchev–Trinajstić information content (AvgIpc) is 2.83. The Kier molecular flexibility index (Phi) is 4.71. The Bertz CT molecular complexity index is 599. The van der Waals surface area contributed by atoms with Crippen molar-refractivity contribution in [2.24, 2.45) is 7.05 Å². The van der Waals surface area contributed by atoms with Gasteiger partial charge in [-0.3, -0.25) is 9.48 Å². The van der Waals surface area contributed by atoms with Gasteiger partial charge in [-0.15, -0.1) is 0 Å². The number of nitrogens with one attached hydrogen (secondary N) is 1. The molecule has 1 aromatic carbocycles. The molecule has 0 fully saturated rings. The predicted molar refractivity (Wildman–Crippen MR) is 80.4 cm³/mol. The number of nitrogens with zero attached hydrogens (tertiary/aromatic N) is 2. The van der Waals surface area contributed by atoms with Gasteiger partial charge in [0.25, 0.3) is 0 Å². The molecule has 0 saturated heterocycles. The number of aromatic nitrogens is 2. The summed E-state index contributed by atoms with van der Waals surface area (Å²) in [6, 6.07) is 10.3. The molecule has 0 spiro atoms. The first kappa shape index (κ1) is 14.1. The Hall–Kier alpha value is -2.36. The van der Waals surface area contributed by atoms with Crippen LogP contribution in [-0.2, 0) is 18.3 Å². The normalized spacial score (nSPS) is 11.4. The maximum Gasteiger partial charge on any atom is 0.248 e. The van der Waals surface area contributed by atoms with E-state index in [1.54, 1.807) is 23.2 Å². The Morgan fingerprint density at radius 2 is 2.10 bits per heavy atom. The highest BCUT2D eigenvalue weighted by Crippen LogP contribution is 2.09. The van der Waals surface area contributed by atoms with Gasteiger partial charge in [0.15, 0.2) is 0 Å². The fourth-order valence-electron chi connectivity index (χ4n) is 1.95. The van der Waals surface area contributed by atoms with Gasteiger partial charge in [-0.1, -0.05) is 35.9 Å². The summed E-state index contributed by atoms with van der Waals surface area (Å²) in [6.07, 6.45) is 6.87. The molecule has 1 N–H and O–H groups in total. The Morgan fingerprint density at radius 3 is 2.75 bits per heavy atom. The molecule has 4 nitrogen and oxygen atoms in total. The number of benzene rings is 1. The minimum Gasteiger partial charge on any atom is -0.320 e. The molecule has 0 saturated carbocycles. The highest BCUT2D eigenvalue weighted by molar-refractivity contribution is 5.99. The number of anilines is 1. The molecule has 20 heavy (non-hydrogen) atoms. The molecule has 4 heteroatoms. The first-order valence-corrected chi connectivity index (χ1v) is 6.64. The van der Waals surface area contributed by atoms with E-state index in [4.69, 9.17) is 0 Å². The Balaban J connectivity index is 1.85. The van der Waals surface area contributed by atoms with Crippen LogP contribution in [0.1, 0.15) is 18.9 Å². The molecule has 1 aromatic heterocycles. The van der Waals surface area contributed by atoms with E-state index in [2.05, 4.69) is 22.5 Å². The average molecular weight is 269 g/mol. The first-order chi connectivity index (χ1) is 9.63. The number of aryl methyl sites for hydroxylation is 2. The van der Waals surface area contributed by atoms with Gasteiger partial charge in [-0.25, -0.2) is 0 Å². The lowest BCUT2D eigenvalue weighted by atomic mass is 10.1. The molecule has 104 valence electrons. The number of hydrogen-bond acceptors (Lipinski definition) is 2. The monoisotopic (exact) mass is 269 g/mol. The van der Waals surface area contributed by atoms with Crippen molar-refractivity contribution in [1.82, 2.24) is 9.78 Å². The summed E-state index contributed by atoms with van der Waals surface area (Å²) in [5.74, 6) is -0.108. The van der Waals surface area contributed by atoms with Crippen LogP contribution in [0.2, 0.25) is 0 Å². The summed E-state index contributed by atoms with van der Waals surface area (Å²) in [5.41, 5.74) is 3.06. The zero-order valence-electron chi connectivity index (χ0n) is 11.8. The molecule has 2 rings (SSSR count). The SMILES string of the molecule is C/C(=C/C(=O)Nc1cnn(C)c1)CCc1ccccc1. The van der Waals surface area contributed by atoms with Crippen LogP contribution in [0, 0.1) is 0 Å². The highest BCUT2D eigenvalue weighted by Gasteiger charge is 2.02. The zero-order chi connectivity index (χ0) is 14.4. The number of allylic oxidation sites excluding steroid dienone is 1. The van der Waals surface area contributed by atoms with Crippen LogP contribution in [0.3, 0.4) is 0 Å². The molecule has 0 aliphatic carbocycles. The summed E-state index contributed by atoms with van der Waals surface area (Å²) < 4.78 is 1.65. The lowest BCUT2D eigenvalue weighted by Crippen LogP contribution is -2.08. The molecule has 1 amide bonds. The number of rotatable bonds is 5. The lowest BCUT2D eigenvalue weighted by Gasteiger charge is -2.03. The maximum absolute atomic E-state index is 11.8. The van der Waals surface area contributed by atoms with Gasteiger partial charge >= 0.3 is 0 Å². The number of hydrogen-bond donors (Lipinski definition) is 1. The van der Waals surface area contributed by atoms with E-state index in [0.717, 1.165) is 18.4 Å². The Morgan fingerprint density at radius 1 is 1.35 bits per heavy atom. The molecular weight excluding hydrogens is 250 g/mol. The van der Waals surface area contributed by atoms with E-state index >= 15 is 0 Å². The molecule has 0 aliphatic heterocycles. The van der Waals surface area contributed by atoms with E-state index in [1.165, 1.54) is 5.56 Å². The second-order valence-electron chi connectivity index (χ2n) is 4.87. The van der Waals surface area contributed by atoms with Gasteiger partial charge in [0, 0.05) is 19.3 Å². The molecule has 0 radical (unpaired) electrons. The third-order valence-corrected chi connectivity index (χ3v) is 3.00. The summed E-state index contributed by atoms with van der Waals surface area (Å²) in [6.45, 7) is 1.98. The van der Waals surface area contributed by atoms with Crippen LogP contribution in [0.25, 0.3) is 0 Å². The smallest absolute Gasteiger partial charge is 0.248 e. The van der Waals surface area contributed by atoms with Gasteiger partial charge in [0.2, 0.25) is 5.91 Å². The minimum absolute atomic E-state index is 0.108. The van der Waals surface area contributed by atoms with Crippen molar-refractivity contribution in [3.63, 3.8) is 0 Å². The molecule has 0 atom stereocenters. The van der Waals surface area contributed by atoms with Crippen LogP contribution in [-0.4, -0.2) is 15.7 Å². The van der Waals surface area contributed by atoms with E-state index in [9.17, 15) is 4.79 Å². The van der Waals surface area contributed by atoms with Gasteiger partial charge < -0.3 is 5.32 Å². The fourth-order valence-corrected chi connectivity index (χ4v) is 1.95. The van der Waals surface area contributed by atoms with Crippen molar-refractivity contribution in [3.05, 3.63) is 59.9 Å². The van der Waals surface area contributed by atoms with Crippen LogP contribution in [0.5, 0.6) is 0 Å². The van der Waals surface area contributed by atoms with Crippen molar-refractivity contribution >= 4 is 11.6 Å². The lowest BCUT2D eigenvalue weighted by molar-refractivity contribution is -0.112. The summed E-state index contributed by atoms with van der Waals surface area (Å²) in [7, 11) is 1.82. The number of carbonyl (C=O) groups is 1. The summed E-state index contributed by atoms with van der Waals surface area (Å²) in [4.78, 5) is 11.8. The summed E-state index contributed by atoms with van der Waals surface area (Å²) >= 11 is 0. The van der Waals surface area contributed by atoms with Gasteiger partial charge in [-0.2, -0.15) is 5.10 Å². The van der Waals surface area contributed by atoms with Gasteiger partial charge in [0.1, 0.15) is 0 Å². The molecule has 0 aliphatic rings. The molecule has 0 unspecified atom stereocenters. The predicted octanol–water partition coefficient (Wildman–Crippen LogP) is 2.94. The fraction of sp³-hybridized carbons (Fsp3) is 0.250. The maximum atomic E-state index is 11.8. The van der Waals surface area contributed by atoms with Crippen molar-refractivity contribution in [2.45, 2.75) is 19.8 Å². The van der Waals surface area contributed by atoms with Gasteiger partial charge in [-0.05, 0) is 25.3 Å². The van der Waals surface area contributed by atoms with Crippen molar-refractivity contribution in [3.8, 4) is 0 Å². The second kappa shape index (κ2) is 6.70. The van der Waals surface area contributed by atoms with E-state index < -0.39 is 0 Å². The van der Waals surface area contributed by atoms with E-state index in [-0.39, 0.29) is 5.91 Å². The minimum atomic E-state index is -0.108. The van der Waals surface area contributed by atoms with Gasteiger partial charge in [0.05, 0.1) is 11.9 Å². The van der Waals surface area contributed by atoms with Crippen LogP contribution >= 0.6 is 0 Å². The molecule has 0 bridgehead atoms. The molecular formula is C16H19N3O. The quantitative estimate of drug-likeness (QED) is 0.848. The van der Waals surface area contributed by atoms with Crippen molar-refractivity contribution in [1.29, 1.82) is 0 Å². The van der Waals surface area contributed by atoms with Crippen LogP contribution in [0.15, 0.2) is 54.4 Å². The number of amides is 1. The zero-order valence-corrected chi connectivity index (χ0v) is 11.8. The van der Waals surface area contributed by atoms with Crippen molar-refractivity contribution < 1.29 is 4.79 Å². The standard InChI is InChI=1S/C16H19N3O/c1-13(8-9-14-6-4-3-5-7-14)10-16(20)18-15-11-17-19(2)12-15/h3-7,10-12H,8-9H2,1-2H3,(H,18,20)/b13-10-. The van der Waals surface area contributed by atoms with Crippen LogP contribution < -0.4 is 5.32 Å². The third-order valence-electron chi connectivity index (χ3n) is 3.00. The molecule has 1 heterocycles. The molecule has 2 aromatic rings. The third kappa shape index (κ3) is 4.39. The summed E-state index contributed by atoms with van der Waals surface area (Å²) in [5, 5.41) is 6.80. The van der Waals surface area contributed by atoms with E-state index in [1.807, 2.05) is 32.2 Å². The highest BCUT2D eigenvalue weighted by atomic mass is 16.1. The van der Waals surface area contributed by atoms with E-state index in [0.29, 0.717) is 5.69 Å². The van der Waals surface area contributed by atoms with Crippen LogP contribution in [0.4, 0.5) is 5.69 Å². The first-order valence-electron chi connectivity index (χ1n) is 6.64. The largest absolute Gasteiger partial charge is 0.320 e. The number of carbonyl (C=O) groups excluding carboxylic acids is 1. The topological polar surface area (TPSA) is 46.9 Å². The van der Waals surface area contributed by atoms with Crippen molar-refractivity contribution in [2.75, 3.05) is 5.32 Å². The Labute approximate surface area is 119 Å². The second-order valence-corrected chi connectivity index (χ2v) is 4.87.